The van der Waals surface area contributed by atoms with Crippen LogP contribution in [0.15, 0.2) is 12.2 Å². The van der Waals surface area contributed by atoms with Gasteiger partial charge in [-0.2, -0.15) is 0 Å². The Morgan fingerprint density at radius 3 is 2.33 bits per heavy atom. The quantitative estimate of drug-likeness (QED) is 0.234. The van der Waals surface area contributed by atoms with Gasteiger partial charge in [-0.15, -0.1) is 0 Å². The minimum atomic E-state index is -4.18. The van der Waals surface area contributed by atoms with Gasteiger partial charge in [-0.1, -0.05) is 6.58 Å². The third-order valence-electron chi connectivity index (χ3n) is 1.77. The van der Waals surface area contributed by atoms with Gasteiger partial charge in [-0.05, 0) is 6.92 Å². The number of hydrogen-bond acceptors (Lipinski definition) is 5. The van der Waals surface area contributed by atoms with Crippen LogP contribution in [0, 0.1) is 0 Å². The maximum atomic E-state index is 11.3. The number of hydrogen-bond donors (Lipinski definition) is 1. The van der Waals surface area contributed by atoms with Gasteiger partial charge < -0.3 is 14.1 Å². The molecule has 0 amide bonds. The summed E-state index contributed by atoms with van der Waals surface area (Å²) in [6.45, 7) is 4.76. The van der Waals surface area contributed by atoms with Crippen LogP contribution < -0.4 is 0 Å². The predicted molar refractivity (Wildman–Crippen MR) is 65.5 cm³/mol. The van der Waals surface area contributed by atoms with Crippen LogP contribution in [0.1, 0.15) is 6.92 Å². The number of esters is 1. The van der Waals surface area contributed by atoms with Crippen molar-refractivity contribution in [2.24, 2.45) is 0 Å². The number of nitrogens with zero attached hydrogens (tertiary/aromatic N) is 1. The molecule has 0 saturated heterocycles. The summed E-state index contributed by atoms with van der Waals surface area (Å²) in [4.78, 5) is 20.2. The molecule has 0 saturated carbocycles. The van der Waals surface area contributed by atoms with E-state index in [1.54, 1.807) is 0 Å². The predicted octanol–water partition coefficient (Wildman–Crippen LogP) is 0.903. The molecule has 0 aliphatic heterocycles. The first-order valence-electron chi connectivity index (χ1n) is 5.28. The summed E-state index contributed by atoms with van der Waals surface area (Å²) in [5, 5.41) is 0. The van der Waals surface area contributed by atoms with Crippen LogP contribution in [0.5, 0.6) is 0 Å². The Morgan fingerprint density at radius 1 is 1.33 bits per heavy atom. The second-order valence-corrected chi connectivity index (χ2v) is 6.23. The van der Waals surface area contributed by atoms with Gasteiger partial charge in [0.25, 0.3) is 0 Å². The summed E-state index contributed by atoms with van der Waals surface area (Å²) in [5.74, 6) is -0.693. The average molecular weight is 282 g/mol. The largest absolute Gasteiger partial charge is 0.475 e. The van der Waals surface area contributed by atoms with Crippen molar-refractivity contribution in [2.45, 2.75) is 6.92 Å². The van der Waals surface area contributed by atoms with Crippen molar-refractivity contribution in [3.8, 4) is 0 Å². The summed E-state index contributed by atoms with van der Waals surface area (Å²) < 4.78 is 25.6. The van der Waals surface area contributed by atoms with E-state index in [4.69, 9.17) is 4.52 Å². The van der Waals surface area contributed by atoms with Crippen molar-refractivity contribution in [3.05, 3.63) is 12.2 Å². The molecule has 0 aliphatic rings. The highest BCUT2D eigenvalue weighted by atomic mass is 31.2. The summed E-state index contributed by atoms with van der Waals surface area (Å²) in [6, 6.07) is 0. The van der Waals surface area contributed by atoms with Gasteiger partial charge in [0.05, 0.1) is 21.1 Å². The lowest BCUT2D eigenvalue weighted by Crippen LogP contribution is -2.37. The highest BCUT2D eigenvalue weighted by molar-refractivity contribution is 7.47. The van der Waals surface area contributed by atoms with Gasteiger partial charge in [0, 0.05) is 5.57 Å². The molecular weight excluding hydrogens is 261 g/mol. The van der Waals surface area contributed by atoms with Crippen LogP contribution in [-0.2, 0) is 23.1 Å². The summed E-state index contributed by atoms with van der Waals surface area (Å²) >= 11 is 0. The first-order valence-corrected chi connectivity index (χ1v) is 6.78. The SMILES string of the molecule is C=C(C)C(=O)OCOP(=O)(O)OCC[N+](C)(C)C. The molecule has 0 bridgehead atoms. The molecule has 0 aliphatic carbocycles. The van der Waals surface area contributed by atoms with E-state index in [1.165, 1.54) is 6.92 Å². The molecule has 1 N–H and O–H groups in total. The lowest BCUT2D eigenvalue weighted by atomic mass is 10.4. The molecule has 0 radical (unpaired) electrons. The summed E-state index contributed by atoms with van der Waals surface area (Å²) in [6.07, 6.45) is 0. The van der Waals surface area contributed by atoms with Gasteiger partial charge in [0.2, 0.25) is 6.79 Å². The van der Waals surface area contributed by atoms with E-state index in [1.807, 2.05) is 21.1 Å². The fourth-order valence-corrected chi connectivity index (χ4v) is 1.31. The number of likely N-dealkylation sites (N-methyl/N-ethyl adjacent to an activating group) is 1. The third kappa shape index (κ3) is 9.32. The van der Waals surface area contributed by atoms with Crippen molar-refractivity contribution in [3.63, 3.8) is 0 Å². The normalized spacial score (nSPS) is 14.9. The Hall–Kier alpha value is -0.720. The number of rotatable bonds is 8. The lowest BCUT2D eigenvalue weighted by molar-refractivity contribution is -0.870. The standard InChI is InChI=1S/C10H20NO6P/c1-9(2)10(12)15-8-17-18(13,14)16-7-6-11(3,4)5/h1,6-8H2,2-5H3/p+1. The van der Waals surface area contributed by atoms with E-state index < -0.39 is 20.6 Å². The highest BCUT2D eigenvalue weighted by Crippen LogP contribution is 2.42. The lowest BCUT2D eigenvalue weighted by Gasteiger charge is -2.23. The molecule has 0 aromatic rings. The summed E-state index contributed by atoms with van der Waals surface area (Å²) in [7, 11) is 1.57. The second-order valence-electron chi connectivity index (χ2n) is 4.77. The van der Waals surface area contributed by atoms with E-state index in [0.29, 0.717) is 11.0 Å². The van der Waals surface area contributed by atoms with Crippen LogP contribution in [0.4, 0.5) is 0 Å². The molecule has 18 heavy (non-hydrogen) atoms. The molecule has 0 fully saturated rings. The monoisotopic (exact) mass is 282 g/mol. The Bertz CT molecular complexity index is 349. The molecular formula is C10H21NO6P+. The van der Waals surface area contributed by atoms with E-state index in [9.17, 15) is 14.3 Å². The van der Waals surface area contributed by atoms with Crippen LogP contribution in [0.2, 0.25) is 0 Å². The molecule has 0 heterocycles. The van der Waals surface area contributed by atoms with Crippen molar-refractivity contribution in [1.82, 2.24) is 0 Å². The van der Waals surface area contributed by atoms with Crippen molar-refractivity contribution < 1.29 is 32.5 Å². The highest BCUT2D eigenvalue weighted by Gasteiger charge is 2.23. The van der Waals surface area contributed by atoms with Gasteiger partial charge in [-0.3, -0.25) is 4.52 Å². The van der Waals surface area contributed by atoms with Gasteiger partial charge >= 0.3 is 13.8 Å². The van der Waals surface area contributed by atoms with Gasteiger partial charge in [-0.25, -0.2) is 13.9 Å². The molecule has 1 atom stereocenters. The fraction of sp³-hybridized carbons (Fsp3) is 0.700. The molecule has 7 nitrogen and oxygen atoms in total. The molecule has 0 spiro atoms. The molecule has 106 valence electrons. The minimum Gasteiger partial charge on any atom is -0.435 e. The number of phosphoric acid groups is 1. The Morgan fingerprint density at radius 2 is 1.89 bits per heavy atom. The first kappa shape index (κ1) is 17.3. The number of ether oxygens (including phenoxy) is 1. The van der Waals surface area contributed by atoms with Crippen molar-refractivity contribution >= 4 is 13.8 Å². The van der Waals surface area contributed by atoms with E-state index >= 15 is 0 Å². The summed E-state index contributed by atoms with van der Waals surface area (Å²) in [5.41, 5.74) is 0.178. The van der Waals surface area contributed by atoms with E-state index in [-0.39, 0.29) is 12.2 Å². The van der Waals surface area contributed by atoms with Crippen molar-refractivity contribution in [2.75, 3.05) is 41.1 Å². The number of quaternary nitrogens is 1. The molecule has 8 heteroatoms. The maximum Gasteiger partial charge on any atom is 0.475 e. The zero-order valence-corrected chi connectivity index (χ0v) is 12.1. The minimum absolute atomic E-state index is 0.0612. The van der Waals surface area contributed by atoms with Crippen molar-refractivity contribution in [1.29, 1.82) is 0 Å². The number of carbonyl (C=O) groups excluding carboxylic acids is 1. The maximum absolute atomic E-state index is 11.3. The Balaban J connectivity index is 3.91. The van der Waals surface area contributed by atoms with Crippen LogP contribution in [0.25, 0.3) is 0 Å². The molecule has 0 aromatic heterocycles. The van der Waals surface area contributed by atoms with Crippen LogP contribution in [-0.4, -0.2) is 56.4 Å². The van der Waals surface area contributed by atoms with Crippen LogP contribution >= 0.6 is 7.82 Å². The van der Waals surface area contributed by atoms with Gasteiger partial charge in [0.1, 0.15) is 13.2 Å². The smallest absolute Gasteiger partial charge is 0.435 e. The van der Waals surface area contributed by atoms with E-state index in [2.05, 4.69) is 15.8 Å². The van der Waals surface area contributed by atoms with Gasteiger partial charge in [0.15, 0.2) is 0 Å². The third-order valence-corrected chi connectivity index (χ3v) is 2.71. The van der Waals surface area contributed by atoms with Crippen LogP contribution in [0.3, 0.4) is 0 Å². The van der Waals surface area contributed by atoms with E-state index in [0.717, 1.165) is 0 Å². The Kier molecular flexibility index (Phi) is 6.73. The zero-order chi connectivity index (χ0) is 14.4. The average Bonchev–Trinajstić information content (AvgIpc) is 2.14. The molecule has 0 aromatic carbocycles. The Labute approximate surface area is 107 Å². The fourth-order valence-electron chi connectivity index (χ4n) is 0.737. The first-order chi connectivity index (χ1) is 8.03. The zero-order valence-electron chi connectivity index (χ0n) is 11.2. The molecule has 0 rings (SSSR count). The second kappa shape index (κ2) is 7.01. The molecule has 1 unspecified atom stereocenters. The topological polar surface area (TPSA) is 82.1 Å². The number of carbonyl (C=O) groups is 1. The number of phosphoric ester groups is 1.